The number of benzene rings is 1. The highest BCUT2D eigenvalue weighted by atomic mass is 79.9. The molecule has 1 atom stereocenters. The minimum absolute atomic E-state index is 0. The Balaban J connectivity index is 0.00000225. The van der Waals surface area contributed by atoms with Crippen molar-refractivity contribution in [3.05, 3.63) is 34.1 Å². The van der Waals surface area contributed by atoms with E-state index in [2.05, 4.69) is 15.9 Å². The molecule has 1 unspecified atom stereocenters. The van der Waals surface area contributed by atoms with Crippen LogP contribution < -0.4 is 5.73 Å². The Bertz CT molecular complexity index is 356. The standard InChI is InChI=1S/C9H8BrF4N.ClH/c10-6-2-1-5(7(11)4-6)3-8(15)9(12,13)14;/h1-2,4,8H,3,15H2;1H. The van der Waals surface area contributed by atoms with Crippen molar-refractivity contribution in [2.75, 3.05) is 0 Å². The van der Waals surface area contributed by atoms with Gasteiger partial charge in [-0.2, -0.15) is 13.2 Å². The molecule has 0 saturated carbocycles. The lowest BCUT2D eigenvalue weighted by atomic mass is 10.1. The first-order valence-corrected chi connectivity index (χ1v) is 4.86. The minimum atomic E-state index is -4.50. The van der Waals surface area contributed by atoms with Crippen molar-refractivity contribution in [3.63, 3.8) is 0 Å². The lowest BCUT2D eigenvalue weighted by molar-refractivity contribution is -0.147. The van der Waals surface area contributed by atoms with E-state index in [4.69, 9.17) is 5.73 Å². The van der Waals surface area contributed by atoms with Gasteiger partial charge in [-0.1, -0.05) is 22.0 Å². The van der Waals surface area contributed by atoms with Crippen molar-refractivity contribution >= 4 is 28.3 Å². The van der Waals surface area contributed by atoms with Gasteiger partial charge in [-0.05, 0) is 24.1 Å². The van der Waals surface area contributed by atoms with Crippen LogP contribution in [0.5, 0.6) is 0 Å². The quantitative estimate of drug-likeness (QED) is 0.829. The molecule has 1 nitrogen and oxygen atoms in total. The molecule has 92 valence electrons. The Hall–Kier alpha value is -0.330. The molecule has 0 bridgehead atoms. The summed E-state index contributed by atoms with van der Waals surface area (Å²) in [4.78, 5) is 0. The normalized spacial score (nSPS) is 13.1. The van der Waals surface area contributed by atoms with Crippen molar-refractivity contribution < 1.29 is 17.6 Å². The lowest BCUT2D eigenvalue weighted by Gasteiger charge is -2.15. The fourth-order valence-electron chi connectivity index (χ4n) is 1.04. The molecule has 1 rings (SSSR count). The summed E-state index contributed by atoms with van der Waals surface area (Å²) in [6, 6.07) is 1.83. The van der Waals surface area contributed by atoms with Gasteiger partial charge in [-0.3, -0.25) is 0 Å². The van der Waals surface area contributed by atoms with Crippen LogP contribution in [-0.2, 0) is 6.42 Å². The largest absolute Gasteiger partial charge is 0.403 e. The summed E-state index contributed by atoms with van der Waals surface area (Å²) >= 11 is 3.01. The number of rotatable bonds is 2. The zero-order valence-corrected chi connectivity index (χ0v) is 10.3. The van der Waals surface area contributed by atoms with Crippen LogP contribution in [-0.4, -0.2) is 12.2 Å². The van der Waals surface area contributed by atoms with Crippen molar-refractivity contribution in [2.45, 2.75) is 18.6 Å². The van der Waals surface area contributed by atoms with Gasteiger partial charge in [0.2, 0.25) is 0 Å². The van der Waals surface area contributed by atoms with Gasteiger partial charge in [0.1, 0.15) is 11.9 Å². The Morgan fingerprint density at radius 3 is 2.31 bits per heavy atom. The van der Waals surface area contributed by atoms with Crippen molar-refractivity contribution in [1.29, 1.82) is 0 Å². The topological polar surface area (TPSA) is 26.0 Å². The second-order valence-electron chi connectivity index (χ2n) is 3.09. The lowest BCUT2D eigenvalue weighted by Crippen LogP contribution is -2.39. The molecule has 0 spiro atoms. The Labute approximate surface area is 105 Å². The number of hydrogen-bond acceptors (Lipinski definition) is 1. The van der Waals surface area contributed by atoms with E-state index >= 15 is 0 Å². The highest BCUT2D eigenvalue weighted by Gasteiger charge is 2.36. The summed E-state index contributed by atoms with van der Waals surface area (Å²) in [5, 5.41) is 0. The minimum Gasteiger partial charge on any atom is -0.320 e. The van der Waals surface area contributed by atoms with Gasteiger partial charge >= 0.3 is 6.18 Å². The highest BCUT2D eigenvalue weighted by molar-refractivity contribution is 9.10. The molecular weight excluding hydrogens is 313 g/mol. The van der Waals surface area contributed by atoms with E-state index in [1.807, 2.05) is 0 Å². The molecule has 0 amide bonds. The third-order valence-corrected chi connectivity index (χ3v) is 2.37. The van der Waals surface area contributed by atoms with Crippen molar-refractivity contribution in [1.82, 2.24) is 0 Å². The molecule has 7 heteroatoms. The van der Waals surface area contributed by atoms with E-state index in [0.29, 0.717) is 4.47 Å². The predicted octanol–water partition coefficient (Wildman–Crippen LogP) is 3.44. The van der Waals surface area contributed by atoms with Crippen molar-refractivity contribution in [2.24, 2.45) is 5.73 Å². The van der Waals surface area contributed by atoms with Gasteiger partial charge in [0, 0.05) is 4.47 Å². The van der Waals surface area contributed by atoms with Crippen LogP contribution in [0.15, 0.2) is 22.7 Å². The number of hydrogen-bond donors (Lipinski definition) is 1. The van der Waals surface area contributed by atoms with Crippen LogP contribution in [0.25, 0.3) is 0 Å². The molecule has 1 aromatic carbocycles. The average Bonchev–Trinajstić information content (AvgIpc) is 2.08. The molecule has 0 aliphatic carbocycles. The van der Waals surface area contributed by atoms with Crippen molar-refractivity contribution in [3.8, 4) is 0 Å². The number of halogens is 6. The molecule has 0 radical (unpaired) electrons. The molecule has 0 aliphatic rings. The van der Waals surface area contributed by atoms with Gasteiger partial charge in [0.05, 0.1) is 0 Å². The molecule has 0 aliphatic heterocycles. The van der Waals surface area contributed by atoms with Crippen LogP contribution in [0.2, 0.25) is 0 Å². The first kappa shape index (κ1) is 15.7. The summed E-state index contributed by atoms with van der Waals surface area (Å²) in [5.74, 6) is -0.691. The third kappa shape index (κ3) is 4.27. The highest BCUT2D eigenvalue weighted by Crippen LogP contribution is 2.23. The summed E-state index contributed by atoms with van der Waals surface area (Å²) in [5.41, 5.74) is 4.85. The first-order chi connectivity index (χ1) is 6.80. The molecule has 0 saturated heterocycles. The second kappa shape index (κ2) is 5.84. The first-order valence-electron chi connectivity index (χ1n) is 4.07. The summed E-state index contributed by atoms with van der Waals surface area (Å²) in [6.45, 7) is 0. The molecule has 2 N–H and O–H groups in total. The zero-order chi connectivity index (χ0) is 11.6. The van der Waals surface area contributed by atoms with Crippen LogP contribution in [0, 0.1) is 5.82 Å². The molecule has 1 aromatic rings. The molecule has 16 heavy (non-hydrogen) atoms. The van der Waals surface area contributed by atoms with Crippen LogP contribution >= 0.6 is 28.3 Å². The van der Waals surface area contributed by atoms with E-state index < -0.39 is 24.5 Å². The zero-order valence-electron chi connectivity index (χ0n) is 7.89. The fraction of sp³-hybridized carbons (Fsp3) is 0.333. The maximum Gasteiger partial charge on any atom is 0.403 e. The van der Waals surface area contributed by atoms with Crippen LogP contribution in [0.1, 0.15) is 5.56 Å². The summed E-state index contributed by atoms with van der Waals surface area (Å²) < 4.78 is 49.9. The van der Waals surface area contributed by atoms with E-state index in [9.17, 15) is 17.6 Å². The predicted molar refractivity (Wildman–Crippen MR) is 59.1 cm³/mol. The summed E-state index contributed by atoms with van der Waals surface area (Å²) in [6.07, 6.45) is -5.05. The van der Waals surface area contributed by atoms with Gasteiger partial charge in [-0.25, -0.2) is 4.39 Å². The maximum atomic E-state index is 13.1. The van der Waals surface area contributed by atoms with Crippen LogP contribution in [0.4, 0.5) is 17.6 Å². The van der Waals surface area contributed by atoms with Gasteiger partial charge in [-0.15, -0.1) is 12.4 Å². The number of nitrogens with two attached hydrogens (primary N) is 1. The monoisotopic (exact) mass is 321 g/mol. The fourth-order valence-corrected chi connectivity index (χ4v) is 1.37. The van der Waals surface area contributed by atoms with Gasteiger partial charge in [0.25, 0.3) is 0 Å². The summed E-state index contributed by atoms with van der Waals surface area (Å²) in [7, 11) is 0. The Morgan fingerprint density at radius 1 is 1.31 bits per heavy atom. The van der Waals surface area contributed by atoms with E-state index in [0.717, 1.165) is 6.07 Å². The van der Waals surface area contributed by atoms with Gasteiger partial charge in [0.15, 0.2) is 0 Å². The molecule has 0 aromatic heterocycles. The maximum absolute atomic E-state index is 13.1. The molecule has 0 fully saturated rings. The smallest absolute Gasteiger partial charge is 0.320 e. The SMILES string of the molecule is Cl.NC(Cc1ccc(Br)cc1F)C(F)(F)F. The number of alkyl halides is 3. The van der Waals surface area contributed by atoms with E-state index in [-0.39, 0.29) is 18.0 Å². The molecular formula is C9H9BrClF4N. The van der Waals surface area contributed by atoms with E-state index in [1.54, 1.807) is 0 Å². The average molecular weight is 323 g/mol. The van der Waals surface area contributed by atoms with E-state index in [1.165, 1.54) is 12.1 Å². The second-order valence-corrected chi connectivity index (χ2v) is 4.00. The third-order valence-electron chi connectivity index (χ3n) is 1.88. The van der Waals surface area contributed by atoms with Gasteiger partial charge < -0.3 is 5.73 Å². The van der Waals surface area contributed by atoms with Crippen LogP contribution in [0.3, 0.4) is 0 Å². The Morgan fingerprint density at radius 2 is 1.88 bits per heavy atom. The Kier molecular flexibility index (Phi) is 5.72. The molecule has 0 heterocycles.